The predicted molar refractivity (Wildman–Crippen MR) is 57.6 cm³/mol. The van der Waals surface area contributed by atoms with Gasteiger partial charge in [0.15, 0.2) is 6.54 Å². The molecule has 0 aliphatic carbocycles. The minimum absolute atomic E-state index is 0.232. The lowest BCUT2D eigenvalue weighted by Gasteiger charge is -2.26. The van der Waals surface area contributed by atoms with Crippen molar-refractivity contribution in [2.45, 2.75) is 51.6 Å². The lowest BCUT2D eigenvalue weighted by atomic mass is 10.0. The molecule has 13 heavy (non-hydrogen) atoms. The molecule has 0 aromatic rings. The molecule has 1 fully saturated rings. The van der Waals surface area contributed by atoms with E-state index in [2.05, 4.69) is 37.4 Å². The van der Waals surface area contributed by atoms with Gasteiger partial charge in [-0.2, -0.15) is 0 Å². The second-order valence-corrected chi connectivity index (χ2v) is 5.16. The van der Waals surface area contributed by atoms with Crippen molar-refractivity contribution in [2.75, 3.05) is 13.1 Å². The van der Waals surface area contributed by atoms with Crippen molar-refractivity contribution in [3.63, 3.8) is 0 Å². The molecule has 1 aliphatic heterocycles. The van der Waals surface area contributed by atoms with Gasteiger partial charge in [-0.05, 0) is 33.6 Å². The first kappa shape index (κ1) is 10.7. The Kier molecular flexibility index (Phi) is 3.48. The van der Waals surface area contributed by atoms with E-state index >= 15 is 0 Å². The lowest BCUT2D eigenvalue weighted by molar-refractivity contribution is -0.520. The van der Waals surface area contributed by atoms with Gasteiger partial charge in [0, 0.05) is 12.0 Å². The zero-order valence-electron chi connectivity index (χ0n) is 9.27. The maximum absolute atomic E-state index is 4.03. The van der Waals surface area contributed by atoms with Gasteiger partial charge in [-0.1, -0.05) is 0 Å². The maximum atomic E-state index is 4.03. The summed E-state index contributed by atoms with van der Waals surface area (Å²) in [6.45, 7) is 13.0. The van der Waals surface area contributed by atoms with Gasteiger partial charge in [-0.15, -0.1) is 0 Å². The summed E-state index contributed by atoms with van der Waals surface area (Å²) in [5, 5.41) is 3.65. The predicted octanol–water partition coefficient (Wildman–Crippen LogP) is 1.64. The fourth-order valence-electron chi connectivity index (χ4n) is 1.95. The van der Waals surface area contributed by atoms with E-state index in [1.165, 1.54) is 19.3 Å². The first-order valence-electron chi connectivity index (χ1n) is 5.30. The number of hydrogen-bond acceptors (Lipinski definition) is 1. The van der Waals surface area contributed by atoms with E-state index in [1.807, 2.05) is 0 Å². The van der Waals surface area contributed by atoms with Crippen molar-refractivity contribution in [1.29, 1.82) is 0 Å². The zero-order valence-corrected chi connectivity index (χ0v) is 9.27. The zero-order chi connectivity index (χ0) is 9.90. The number of nitrogens with one attached hydrogen (secondary N) is 1. The topological polar surface area (TPSA) is 15.0 Å². The van der Waals surface area contributed by atoms with Crippen molar-refractivity contribution in [1.82, 2.24) is 5.32 Å². The highest BCUT2D eigenvalue weighted by atomic mass is 15.1. The van der Waals surface area contributed by atoms with Crippen LogP contribution in [-0.4, -0.2) is 36.0 Å². The average molecular weight is 183 g/mol. The highest BCUT2D eigenvalue weighted by Crippen LogP contribution is 2.10. The quantitative estimate of drug-likeness (QED) is 0.611. The molecule has 0 aromatic carbocycles. The van der Waals surface area contributed by atoms with Crippen LogP contribution in [0.4, 0.5) is 0 Å². The van der Waals surface area contributed by atoms with Crippen LogP contribution in [0, 0.1) is 0 Å². The van der Waals surface area contributed by atoms with Crippen molar-refractivity contribution < 1.29 is 4.58 Å². The molecular formula is C11H23N2+. The van der Waals surface area contributed by atoms with Gasteiger partial charge in [0.1, 0.15) is 13.3 Å². The minimum Gasteiger partial charge on any atom is -0.304 e. The molecule has 0 bridgehead atoms. The van der Waals surface area contributed by atoms with Crippen molar-refractivity contribution >= 4 is 6.72 Å². The van der Waals surface area contributed by atoms with Crippen LogP contribution >= 0.6 is 0 Å². The molecule has 1 rings (SSSR count). The van der Waals surface area contributed by atoms with Crippen LogP contribution in [0.15, 0.2) is 0 Å². The smallest absolute Gasteiger partial charge is 0.157 e. The van der Waals surface area contributed by atoms with Crippen LogP contribution in [0.1, 0.15) is 40.0 Å². The summed E-state index contributed by atoms with van der Waals surface area (Å²) < 4.78 is 2.19. The van der Waals surface area contributed by atoms with Crippen LogP contribution in [0.5, 0.6) is 0 Å². The van der Waals surface area contributed by atoms with E-state index in [4.69, 9.17) is 0 Å². The molecule has 0 spiro atoms. The number of hydrogen-bond donors (Lipinski definition) is 1. The summed E-state index contributed by atoms with van der Waals surface area (Å²) in [4.78, 5) is 0. The van der Waals surface area contributed by atoms with Crippen LogP contribution in [0.3, 0.4) is 0 Å². The molecular weight excluding hydrogens is 160 g/mol. The molecule has 2 heteroatoms. The lowest BCUT2D eigenvalue weighted by Crippen LogP contribution is -2.46. The number of rotatable bonds is 1. The van der Waals surface area contributed by atoms with E-state index in [0.717, 1.165) is 13.1 Å². The number of nitrogens with zero attached hydrogens (tertiary/aromatic N) is 1. The molecule has 0 aromatic heterocycles. The van der Waals surface area contributed by atoms with Gasteiger partial charge in [0.05, 0.1) is 6.04 Å². The van der Waals surface area contributed by atoms with E-state index in [1.54, 1.807) is 0 Å². The molecule has 1 atom stereocenters. The van der Waals surface area contributed by atoms with Crippen molar-refractivity contribution in [3.05, 3.63) is 0 Å². The molecule has 0 radical (unpaired) electrons. The molecule has 1 heterocycles. The Bertz CT molecular complexity index is 179. The van der Waals surface area contributed by atoms with Crippen molar-refractivity contribution in [2.24, 2.45) is 0 Å². The van der Waals surface area contributed by atoms with E-state index in [0.29, 0.717) is 6.04 Å². The first-order valence-corrected chi connectivity index (χ1v) is 5.30. The molecule has 0 saturated carbocycles. The van der Waals surface area contributed by atoms with Crippen LogP contribution < -0.4 is 5.32 Å². The van der Waals surface area contributed by atoms with Crippen LogP contribution in [0.25, 0.3) is 0 Å². The summed E-state index contributed by atoms with van der Waals surface area (Å²) in [5.74, 6) is 0. The summed E-state index contributed by atoms with van der Waals surface area (Å²) in [6, 6.07) is 0.625. The molecule has 0 amide bonds. The fourth-order valence-corrected chi connectivity index (χ4v) is 1.95. The Morgan fingerprint density at radius 3 is 2.62 bits per heavy atom. The maximum Gasteiger partial charge on any atom is 0.157 e. The Labute approximate surface area is 82.0 Å². The molecule has 2 nitrogen and oxygen atoms in total. The van der Waals surface area contributed by atoms with Gasteiger partial charge in [-0.3, -0.25) is 0 Å². The second-order valence-electron chi connectivity index (χ2n) is 5.16. The molecule has 76 valence electrons. The van der Waals surface area contributed by atoms with E-state index in [9.17, 15) is 0 Å². The van der Waals surface area contributed by atoms with Gasteiger partial charge < -0.3 is 5.32 Å². The third-order valence-electron chi connectivity index (χ3n) is 2.39. The summed E-state index contributed by atoms with van der Waals surface area (Å²) in [5.41, 5.74) is 0.232. The third kappa shape index (κ3) is 4.41. The summed E-state index contributed by atoms with van der Waals surface area (Å²) in [6.07, 6.45) is 3.93. The largest absolute Gasteiger partial charge is 0.304 e. The van der Waals surface area contributed by atoms with Gasteiger partial charge >= 0.3 is 0 Å². The summed E-state index contributed by atoms with van der Waals surface area (Å²) in [7, 11) is 0. The highest BCUT2D eigenvalue weighted by Gasteiger charge is 2.22. The fraction of sp³-hybridized carbons (Fsp3) is 0.909. The van der Waals surface area contributed by atoms with Gasteiger partial charge in [-0.25, -0.2) is 4.58 Å². The van der Waals surface area contributed by atoms with E-state index < -0.39 is 0 Å². The summed E-state index contributed by atoms with van der Waals surface area (Å²) >= 11 is 0. The van der Waals surface area contributed by atoms with Crippen LogP contribution in [0.2, 0.25) is 0 Å². The highest BCUT2D eigenvalue weighted by molar-refractivity contribution is 5.14. The van der Waals surface area contributed by atoms with Crippen molar-refractivity contribution in [3.8, 4) is 0 Å². The molecule has 1 unspecified atom stereocenters. The Hall–Kier alpha value is -0.370. The molecule has 1 aliphatic rings. The minimum atomic E-state index is 0.232. The van der Waals surface area contributed by atoms with E-state index in [-0.39, 0.29) is 5.54 Å². The Balaban J connectivity index is 2.44. The molecule has 1 saturated heterocycles. The Morgan fingerprint density at radius 2 is 2.00 bits per heavy atom. The normalized spacial score (nSPS) is 25.8. The second kappa shape index (κ2) is 4.23. The first-order chi connectivity index (χ1) is 5.97. The molecule has 1 N–H and O–H groups in total. The SMILES string of the molecule is C=[N+]1CCCCC(NC(C)(C)C)C1. The van der Waals surface area contributed by atoms with Gasteiger partial charge in [0.25, 0.3) is 0 Å². The standard InChI is InChI=1S/C11H23N2/c1-11(2,3)12-10-7-5-6-8-13(4)9-10/h10,12H,4-9H2,1-3H3/q+1. The van der Waals surface area contributed by atoms with Gasteiger partial charge in [0.2, 0.25) is 0 Å². The average Bonchev–Trinajstić information content (AvgIpc) is 2.10. The third-order valence-corrected chi connectivity index (χ3v) is 2.39. The van der Waals surface area contributed by atoms with Crippen LogP contribution in [-0.2, 0) is 0 Å². The Morgan fingerprint density at radius 1 is 1.31 bits per heavy atom. The monoisotopic (exact) mass is 183 g/mol.